The number of benzene rings is 3. The fourth-order valence-corrected chi connectivity index (χ4v) is 7.49. The average molecular weight is 668 g/mol. The largest absolute Gasteiger partial charge is 0.465 e. The number of halogens is 2. The van der Waals surface area contributed by atoms with Crippen molar-refractivity contribution in [1.29, 1.82) is 0 Å². The molecule has 4 rings (SSSR count). The minimum absolute atomic E-state index is 0.00532. The van der Waals surface area contributed by atoms with Gasteiger partial charge in [0.15, 0.2) is 9.84 Å². The number of nitro groups is 1. The lowest BCUT2D eigenvalue weighted by atomic mass is 10.1. The molecule has 0 atom stereocenters. The zero-order valence-electron chi connectivity index (χ0n) is 18.9. The molecule has 9 nitrogen and oxygen atoms in total. The van der Waals surface area contributed by atoms with Gasteiger partial charge in [0.1, 0.15) is 0 Å². The number of rotatable bonds is 6. The van der Waals surface area contributed by atoms with Gasteiger partial charge >= 0.3 is 5.97 Å². The van der Waals surface area contributed by atoms with Crippen molar-refractivity contribution in [2.45, 2.75) is 15.5 Å². The number of nitrogens with one attached hydrogen (secondary N) is 1. The summed E-state index contributed by atoms with van der Waals surface area (Å²) in [5.41, 5.74) is 0.649. The smallest absolute Gasteiger partial charge is 0.338 e. The number of carbonyl (C=O) groups excluding carboxylic acids is 2. The normalized spacial score (nSPS) is 14.1. The SMILES string of the molecule is COC(=O)c1ccc(/C=C2/Sc3ccc(S(=O)(=O)Cc4c(Br)cccc4Br)cc3NC2=O)c([N+](=O)[O-])c1. The molecule has 3 aromatic carbocycles. The van der Waals surface area contributed by atoms with E-state index >= 15 is 0 Å². The standard InChI is InChI=1S/C24H16Br2N2O7S2/c1-35-24(30)14-6-5-13(20(9-14)28(31)32)10-22-23(29)27-19-11-15(7-8-21(19)36-22)37(33,34)12-16-17(25)3-2-4-18(16)26/h2-11H,12H2,1H3,(H,27,29)/b22-10+. The number of nitrogens with zero attached hydrogens (tertiary/aromatic N) is 1. The molecule has 13 heteroatoms. The number of anilines is 1. The summed E-state index contributed by atoms with van der Waals surface area (Å²) in [4.78, 5) is 36.2. The summed E-state index contributed by atoms with van der Waals surface area (Å²) in [6.45, 7) is 0. The molecule has 0 aliphatic carbocycles. The van der Waals surface area contributed by atoms with Crippen molar-refractivity contribution in [1.82, 2.24) is 0 Å². The number of ether oxygens (including phenoxy) is 1. The first-order valence-electron chi connectivity index (χ1n) is 10.4. The summed E-state index contributed by atoms with van der Waals surface area (Å²) in [5, 5.41) is 14.2. The minimum atomic E-state index is -3.75. The van der Waals surface area contributed by atoms with Crippen LogP contribution >= 0.6 is 43.6 Å². The second kappa shape index (κ2) is 10.8. The Morgan fingerprint density at radius 2 is 1.84 bits per heavy atom. The highest BCUT2D eigenvalue weighted by molar-refractivity contribution is 9.11. The van der Waals surface area contributed by atoms with E-state index in [0.29, 0.717) is 25.1 Å². The molecule has 0 aromatic heterocycles. The number of thioether (sulfide) groups is 1. The summed E-state index contributed by atoms with van der Waals surface area (Å²) in [6.07, 6.45) is 1.34. The molecule has 0 spiro atoms. The van der Waals surface area contributed by atoms with E-state index in [1.165, 1.54) is 37.5 Å². The third kappa shape index (κ3) is 5.79. The lowest BCUT2D eigenvalue weighted by molar-refractivity contribution is -0.385. The molecule has 0 radical (unpaired) electrons. The molecule has 1 aliphatic heterocycles. The van der Waals surface area contributed by atoms with Gasteiger partial charge in [0, 0.05) is 19.9 Å². The predicted molar refractivity (Wildman–Crippen MR) is 146 cm³/mol. The third-order valence-corrected chi connectivity index (χ3v) is 9.56. The lowest BCUT2D eigenvalue weighted by Gasteiger charge is -2.19. The molecule has 3 aromatic rings. The van der Waals surface area contributed by atoms with Crippen molar-refractivity contribution in [3.8, 4) is 0 Å². The first-order chi connectivity index (χ1) is 17.5. The Kier molecular flexibility index (Phi) is 7.88. The Labute approximate surface area is 232 Å². The van der Waals surface area contributed by atoms with Gasteiger partial charge in [0.05, 0.1) is 44.4 Å². The number of carbonyl (C=O) groups is 2. The molecule has 1 heterocycles. The Hall–Kier alpha value is -3.00. The monoisotopic (exact) mass is 666 g/mol. The Morgan fingerprint density at radius 3 is 2.49 bits per heavy atom. The van der Waals surface area contributed by atoms with Gasteiger partial charge in [-0.2, -0.15) is 0 Å². The number of esters is 1. The average Bonchev–Trinajstić information content (AvgIpc) is 2.86. The second-order valence-corrected chi connectivity index (χ2v) is 12.5. The van der Waals surface area contributed by atoms with E-state index in [9.17, 15) is 28.1 Å². The highest BCUT2D eigenvalue weighted by Gasteiger charge is 2.26. The van der Waals surface area contributed by atoms with Crippen LogP contribution in [0.5, 0.6) is 0 Å². The number of methoxy groups -OCH3 is 1. The third-order valence-electron chi connectivity index (χ3n) is 5.33. The van der Waals surface area contributed by atoms with Gasteiger partial charge in [-0.15, -0.1) is 0 Å². The number of hydrogen-bond donors (Lipinski definition) is 1. The van der Waals surface area contributed by atoms with Crippen molar-refractivity contribution in [2.24, 2.45) is 0 Å². The zero-order valence-corrected chi connectivity index (χ0v) is 23.7. The fraction of sp³-hybridized carbons (Fsp3) is 0.0833. The van der Waals surface area contributed by atoms with Crippen LogP contribution in [-0.2, 0) is 25.1 Å². The number of amides is 1. The van der Waals surface area contributed by atoms with Crippen LogP contribution in [0, 0.1) is 10.1 Å². The van der Waals surface area contributed by atoms with E-state index in [4.69, 9.17) is 0 Å². The van der Waals surface area contributed by atoms with Gasteiger partial charge in [0.25, 0.3) is 11.6 Å². The zero-order chi connectivity index (χ0) is 26.9. The topological polar surface area (TPSA) is 133 Å². The lowest BCUT2D eigenvalue weighted by Crippen LogP contribution is -2.18. The molecule has 1 N–H and O–H groups in total. The summed E-state index contributed by atoms with van der Waals surface area (Å²) >= 11 is 7.80. The Balaban J connectivity index is 1.64. The van der Waals surface area contributed by atoms with E-state index in [2.05, 4.69) is 41.9 Å². The van der Waals surface area contributed by atoms with Crippen LogP contribution in [0.2, 0.25) is 0 Å². The highest BCUT2D eigenvalue weighted by Crippen LogP contribution is 2.41. The van der Waals surface area contributed by atoms with Crippen molar-refractivity contribution in [3.63, 3.8) is 0 Å². The predicted octanol–water partition coefficient (Wildman–Crippen LogP) is 5.97. The van der Waals surface area contributed by atoms with E-state index in [-0.39, 0.29) is 32.4 Å². The summed E-state index contributed by atoms with van der Waals surface area (Å²) in [6, 6.07) is 13.5. The van der Waals surface area contributed by atoms with E-state index in [0.717, 1.165) is 17.8 Å². The van der Waals surface area contributed by atoms with Gasteiger partial charge in [-0.3, -0.25) is 14.9 Å². The first kappa shape index (κ1) is 27.0. The van der Waals surface area contributed by atoms with Crippen LogP contribution in [0.15, 0.2) is 78.2 Å². The van der Waals surface area contributed by atoms with Crippen LogP contribution in [0.3, 0.4) is 0 Å². The van der Waals surface area contributed by atoms with Gasteiger partial charge in [-0.25, -0.2) is 13.2 Å². The number of fused-ring (bicyclic) bond motifs is 1. The van der Waals surface area contributed by atoms with Crippen LogP contribution in [0.25, 0.3) is 6.08 Å². The second-order valence-electron chi connectivity index (χ2n) is 7.70. The molecule has 1 amide bonds. The maximum absolute atomic E-state index is 13.1. The molecule has 190 valence electrons. The van der Waals surface area contributed by atoms with E-state index in [1.54, 1.807) is 24.3 Å². The summed E-state index contributed by atoms with van der Waals surface area (Å²) < 4.78 is 32.1. The van der Waals surface area contributed by atoms with Gasteiger partial charge in [0.2, 0.25) is 0 Å². The quantitative estimate of drug-likeness (QED) is 0.147. The van der Waals surface area contributed by atoms with Gasteiger partial charge in [-0.1, -0.05) is 49.7 Å². The molecule has 0 saturated carbocycles. The Morgan fingerprint density at radius 1 is 1.14 bits per heavy atom. The fourth-order valence-electron chi connectivity index (χ4n) is 3.49. The summed E-state index contributed by atoms with van der Waals surface area (Å²) in [5.74, 6) is -1.53. The Bertz CT molecular complexity index is 1580. The molecule has 1 aliphatic rings. The van der Waals surface area contributed by atoms with E-state index in [1.807, 2.05) is 0 Å². The first-order valence-corrected chi connectivity index (χ1v) is 14.4. The minimum Gasteiger partial charge on any atom is -0.465 e. The summed E-state index contributed by atoms with van der Waals surface area (Å²) in [7, 11) is -2.58. The number of hydrogen-bond acceptors (Lipinski definition) is 8. The molecule has 0 fully saturated rings. The molecular weight excluding hydrogens is 652 g/mol. The molecule has 37 heavy (non-hydrogen) atoms. The maximum Gasteiger partial charge on any atom is 0.338 e. The number of nitro benzene ring substituents is 1. The van der Waals surface area contributed by atoms with Gasteiger partial charge < -0.3 is 10.1 Å². The highest BCUT2D eigenvalue weighted by atomic mass is 79.9. The van der Waals surface area contributed by atoms with Crippen molar-refractivity contribution >= 4 is 82.8 Å². The van der Waals surface area contributed by atoms with E-state index < -0.39 is 26.6 Å². The van der Waals surface area contributed by atoms with Crippen LogP contribution in [0.1, 0.15) is 21.5 Å². The van der Waals surface area contributed by atoms with Crippen LogP contribution < -0.4 is 5.32 Å². The molecule has 0 bridgehead atoms. The van der Waals surface area contributed by atoms with Crippen LogP contribution in [0.4, 0.5) is 11.4 Å². The van der Waals surface area contributed by atoms with Crippen LogP contribution in [-0.4, -0.2) is 32.3 Å². The van der Waals surface area contributed by atoms with Crippen molar-refractivity contribution in [3.05, 3.63) is 95.3 Å². The van der Waals surface area contributed by atoms with Crippen molar-refractivity contribution in [2.75, 3.05) is 12.4 Å². The molecular formula is C24H16Br2N2O7S2. The maximum atomic E-state index is 13.1. The van der Waals surface area contributed by atoms with Crippen molar-refractivity contribution < 1.29 is 27.7 Å². The number of sulfone groups is 1. The molecule has 0 saturated heterocycles. The van der Waals surface area contributed by atoms with Gasteiger partial charge in [-0.05, 0) is 54.1 Å². The molecule has 0 unspecified atom stereocenters.